The predicted octanol–water partition coefficient (Wildman–Crippen LogP) is 0.997. The maximum atomic E-state index is 13.6. The van der Waals surface area contributed by atoms with E-state index in [4.69, 9.17) is 10.5 Å². The number of carbonyl (C=O) groups excluding carboxylic acids is 3. The Balaban J connectivity index is 1.83. The molecule has 10 heteroatoms. The Kier molecular flexibility index (Phi) is 7.49. The van der Waals surface area contributed by atoms with Gasteiger partial charge in [-0.2, -0.15) is 0 Å². The molecule has 3 N–H and O–H groups in total. The third-order valence-electron chi connectivity index (χ3n) is 5.06. The minimum Gasteiger partial charge on any atom is -0.375 e. The van der Waals surface area contributed by atoms with Crippen molar-refractivity contribution in [1.82, 2.24) is 15.1 Å². The lowest BCUT2D eigenvalue weighted by Gasteiger charge is -2.29. The van der Waals surface area contributed by atoms with Gasteiger partial charge in [0.25, 0.3) is 17.7 Å². The summed E-state index contributed by atoms with van der Waals surface area (Å²) in [5.74, 6) is -3.68. The number of nitrogens with two attached hydrogens (primary N) is 1. The van der Waals surface area contributed by atoms with E-state index in [0.29, 0.717) is 12.6 Å². The van der Waals surface area contributed by atoms with Crippen molar-refractivity contribution in [3.05, 3.63) is 70.8 Å². The van der Waals surface area contributed by atoms with Crippen molar-refractivity contribution in [2.45, 2.75) is 19.3 Å². The highest BCUT2D eigenvalue weighted by Crippen LogP contribution is 2.20. The minimum absolute atomic E-state index is 0.0210. The molecule has 0 radical (unpaired) electrons. The van der Waals surface area contributed by atoms with Crippen LogP contribution in [0.4, 0.5) is 8.78 Å². The SMILES string of the molecule is COCC(=O)N1CCN(C(=O)c2cc(F)cc(F)c2)C1C(=O)NCc1cccc(CN)c1. The van der Waals surface area contributed by atoms with Crippen LogP contribution in [0.15, 0.2) is 42.5 Å². The van der Waals surface area contributed by atoms with Gasteiger partial charge in [-0.25, -0.2) is 8.78 Å². The first-order valence-electron chi connectivity index (χ1n) is 9.95. The van der Waals surface area contributed by atoms with E-state index in [1.807, 2.05) is 18.2 Å². The van der Waals surface area contributed by atoms with E-state index in [1.54, 1.807) is 6.07 Å². The van der Waals surface area contributed by atoms with Crippen LogP contribution in [0.2, 0.25) is 0 Å². The summed E-state index contributed by atoms with van der Waals surface area (Å²) < 4.78 is 32.1. The Labute approximate surface area is 183 Å². The highest BCUT2D eigenvalue weighted by Gasteiger charge is 2.42. The molecule has 1 heterocycles. The zero-order chi connectivity index (χ0) is 23.3. The third kappa shape index (κ3) is 5.27. The van der Waals surface area contributed by atoms with Gasteiger partial charge in [-0.1, -0.05) is 24.3 Å². The van der Waals surface area contributed by atoms with Gasteiger partial charge in [0, 0.05) is 44.9 Å². The number of rotatable bonds is 7. The molecule has 1 aliphatic rings. The second-order valence-electron chi connectivity index (χ2n) is 7.29. The second kappa shape index (κ2) is 10.3. The van der Waals surface area contributed by atoms with Crippen LogP contribution < -0.4 is 11.1 Å². The molecule has 0 aromatic heterocycles. The molecule has 3 rings (SSSR count). The molecule has 2 aromatic rings. The average Bonchev–Trinajstić information content (AvgIpc) is 3.22. The molecular weight excluding hydrogens is 422 g/mol. The summed E-state index contributed by atoms with van der Waals surface area (Å²) in [6, 6.07) is 9.72. The van der Waals surface area contributed by atoms with Crippen molar-refractivity contribution < 1.29 is 27.9 Å². The lowest BCUT2D eigenvalue weighted by molar-refractivity contribution is -0.144. The van der Waals surface area contributed by atoms with E-state index in [2.05, 4.69) is 5.32 Å². The molecular formula is C22H24F2N4O4. The molecule has 170 valence electrons. The van der Waals surface area contributed by atoms with E-state index in [1.165, 1.54) is 12.0 Å². The zero-order valence-electron chi connectivity index (χ0n) is 17.5. The first-order chi connectivity index (χ1) is 15.3. The van der Waals surface area contributed by atoms with Gasteiger partial charge in [-0.3, -0.25) is 14.4 Å². The van der Waals surface area contributed by atoms with Gasteiger partial charge < -0.3 is 25.6 Å². The topological polar surface area (TPSA) is 105 Å². The van der Waals surface area contributed by atoms with Gasteiger partial charge >= 0.3 is 0 Å². The molecule has 0 aliphatic carbocycles. The summed E-state index contributed by atoms with van der Waals surface area (Å²) in [5, 5.41) is 2.72. The molecule has 32 heavy (non-hydrogen) atoms. The van der Waals surface area contributed by atoms with E-state index in [9.17, 15) is 23.2 Å². The number of ether oxygens (including phenoxy) is 1. The van der Waals surface area contributed by atoms with Gasteiger partial charge in [0.05, 0.1) is 0 Å². The molecule has 8 nitrogen and oxygen atoms in total. The molecule has 1 unspecified atom stereocenters. The summed E-state index contributed by atoms with van der Waals surface area (Å²) in [6.45, 7) is 0.306. The van der Waals surface area contributed by atoms with Crippen molar-refractivity contribution in [2.75, 3.05) is 26.8 Å². The lowest BCUT2D eigenvalue weighted by atomic mass is 10.1. The first-order valence-corrected chi connectivity index (χ1v) is 9.95. The molecule has 0 spiro atoms. The standard InChI is InChI=1S/C22H24F2N4O4/c1-32-13-19(29)27-5-6-28(22(31)16-8-17(23)10-18(24)9-16)21(27)20(30)26-12-15-4-2-3-14(7-15)11-25/h2-4,7-10,21H,5-6,11-13,25H2,1H3,(H,26,30). The fraction of sp³-hybridized carbons (Fsp3) is 0.318. The Morgan fingerprint density at radius 2 is 1.72 bits per heavy atom. The lowest BCUT2D eigenvalue weighted by Crippen LogP contribution is -2.54. The van der Waals surface area contributed by atoms with Gasteiger partial charge in [0.15, 0.2) is 6.17 Å². The first kappa shape index (κ1) is 23.3. The van der Waals surface area contributed by atoms with Crippen LogP contribution in [0.3, 0.4) is 0 Å². The Hall–Kier alpha value is -3.37. The van der Waals surface area contributed by atoms with Gasteiger partial charge in [0.2, 0.25) is 0 Å². The van der Waals surface area contributed by atoms with Crippen molar-refractivity contribution >= 4 is 17.7 Å². The Morgan fingerprint density at radius 3 is 2.38 bits per heavy atom. The molecule has 0 saturated carbocycles. The number of benzene rings is 2. The third-order valence-corrected chi connectivity index (χ3v) is 5.06. The van der Waals surface area contributed by atoms with Crippen LogP contribution in [-0.4, -0.2) is 60.5 Å². The van der Waals surface area contributed by atoms with Crippen LogP contribution in [0.1, 0.15) is 21.5 Å². The molecule has 0 bridgehead atoms. The number of hydrogen-bond acceptors (Lipinski definition) is 5. The van der Waals surface area contributed by atoms with Crippen LogP contribution in [0, 0.1) is 11.6 Å². The monoisotopic (exact) mass is 446 g/mol. The van der Waals surface area contributed by atoms with Crippen LogP contribution in [0.25, 0.3) is 0 Å². The normalized spacial score (nSPS) is 15.7. The van der Waals surface area contributed by atoms with E-state index < -0.39 is 35.5 Å². The average molecular weight is 446 g/mol. The number of hydrogen-bond donors (Lipinski definition) is 2. The number of methoxy groups -OCH3 is 1. The number of halogens is 2. The summed E-state index contributed by atoms with van der Waals surface area (Å²) in [4.78, 5) is 40.8. The molecule has 1 aliphatic heterocycles. The Morgan fingerprint density at radius 1 is 1.06 bits per heavy atom. The molecule has 1 saturated heterocycles. The Bertz CT molecular complexity index is 997. The smallest absolute Gasteiger partial charge is 0.264 e. The van der Waals surface area contributed by atoms with Crippen molar-refractivity contribution in [3.8, 4) is 0 Å². The summed E-state index contributed by atoms with van der Waals surface area (Å²) in [6.07, 6.45) is -1.28. The number of nitrogens with one attached hydrogen (secondary N) is 1. The molecule has 2 aromatic carbocycles. The van der Waals surface area contributed by atoms with Crippen LogP contribution in [0.5, 0.6) is 0 Å². The van der Waals surface area contributed by atoms with Gasteiger partial charge in [-0.15, -0.1) is 0 Å². The molecule has 1 atom stereocenters. The summed E-state index contributed by atoms with van der Waals surface area (Å²) in [7, 11) is 1.34. The van der Waals surface area contributed by atoms with Crippen LogP contribution >= 0.6 is 0 Å². The highest BCUT2D eigenvalue weighted by atomic mass is 19.1. The molecule has 3 amide bonds. The van der Waals surface area contributed by atoms with Crippen molar-refractivity contribution in [1.29, 1.82) is 0 Å². The quantitative estimate of drug-likeness (QED) is 0.660. The van der Waals surface area contributed by atoms with E-state index >= 15 is 0 Å². The maximum Gasteiger partial charge on any atom is 0.264 e. The number of amides is 3. The van der Waals surface area contributed by atoms with Gasteiger partial charge in [-0.05, 0) is 23.3 Å². The summed E-state index contributed by atoms with van der Waals surface area (Å²) in [5.41, 5.74) is 7.07. The highest BCUT2D eigenvalue weighted by molar-refractivity contribution is 5.99. The second-order valence-corrected chi connectivity index (χ2v) is 7.29. The van der Waals surface area contributed by atoms with E-state index in [-0.39, 0.29) is 31.8 Å². The van der Waals surface area contributed by atoms with E-state index in [0.717, 1.165) is 28.2 Å². The fourth-order valence-corrected chi connectivity index (χ4v) is 3.58. The van der Waals surface area contributed by atoms with Gasteiger partial charge in [0.1, 0.15) is 18.2 Å². The summed E-state index contributed by atoms with van der Waals surface area (Å²) >= 11 is 0. The fourth-order valence-electron chi connectivity index (χ4n) is 3.58. The molecule has 1 fully saturated rings. The predicted molar refractivity (Wildman–Crippen MR) is 111 cm³/mol. The minimum atomic E-state index is -1.28. The number of nitrogens with zero attached hydrogens (tertiary/aromatic N) is 2. The van der Waals surface area contributed by atoms with Crippen molar-refractivity contribution in [3.63, 3.8) is 0 Å². The largest absolute Gasteiger partial charge is 0.375 e. The van der Waals surface area contributed by atoms with Crippen molar-refractivity contribution in [2.24, 2.45) is 5.73 Å². The zero-order valence-corrected chi connectivity index (χ0v) is 17.5. The maximum absolute atomic E-state index is 13.6. The van der Waals surface area contributed by atoms with Crippen LogP contribution in [-0.2, 0) is 27.4 Å². The number of carbonyl (C=O) groups is 3.